The molecule has 2 aromatic rings. The first-order valence-corrected chi connectivity index (χ1v) is 7.29. The molecule has 0 fully saturated rings. The quantitative estimate of drug-likeness (QED) is 0.576. The number of nitrogens with zero attached hydrogens (tertiary/aromatic N) is 4. The molecule has 0 heterocycles. The summed E-state index contributed by atoms with van der Waals surface area (Å²) in [4.78, 5) is 0. The Bertz CT molecular complexity index is 704. The Morgan fingerprint density at radius 3 is 2.23 bits per heavy atom. The predicted octanol–water partition coefficient (Wildman–Crippen LogP) is 5.48. The number of nitrogens with one attached hydrogen (secondary N) is 1. The second kappa shape index (κ2) is 7.45. The van der Waals surface area contributed by atoms with E-state index in [1.54, 1.807) is 7.05 Å². The zero-order chi connectivity index (χ0) is 15.9. The first-order valence-electron chi connectivity index (χ1n) is 7.29. The topological polar surface area (TPSA) is 61.5 Å². The molecule has 0 saturated carbocycles. The maximum atomic E-state index is 4.22. The summed E-state index contributed by atoms with van der Waals surface area (Å²) in [5.41, 5.74) is 9.37. The van der Waals surface area contributed by atoms with Gasteiger partial charge in [0.15, 0.2) is 0 Å². The van der Waals surface area contributed by atoms with Crippen molar-refractivity contribution < 1.29 is 0 Å². The van der Waals surface area contributed by atoms with Crippen LogP contribution in [-0.2, 0) is 0 Å². The molecule has 0 saturated heterocycles. The van der Waals surface area contributed by atoms with Gasteiger partial charge in [0.05, 0.1) is 25.0 Å². The summed E-state index contributed by atoms with van der Waals surface area (Å²) in [5, 5.41) is 15.8. The van der Waals surface area contributed by atoms with E-state index in [0.29, 0.717) is 6.54 Å². The lowest BCUT2D eigenvalue weighted by molar-refractivity contribution is 1.00. The fourth-order valence-electron chi connectivity index (χ4n) is 2.17. The lowest BCUT2D eigenvalue weighted by Crippen LogP contribution is -1.91. The summed E-state index contributed by atoms with van der Waals surface area (Å²) in [7, 11) is 1.64. The number of aryl methyl sites for hydroxylation is 2. The zero-order valence-corrected chi connectivity index (χ0v) is 13.5. The standard InChI is InChI=1S/C17H21N5/c1-5-19-20-16-8-6-14(10-12(16)2)15-7-9-17(13(3)11-15)21-22-18-4/h6-11H,5H2,1-4H3,(H,18,21). The minimum absolute atomic E-state index is 0.698. The van der Waals surface area contributed by atoms with Crippen LogP contribution in [0.2, 0.25) is 0 Å². The number of azo groups is 1. The lowest BCUT2D eigenvalue weighted by Gasteiger charge is -2.09. The summed E-state index contributed by atoms with van der Waals surface area (Å²) < 4.78 is 0. The molecule has 0 amide bonds. The van der Waals surface area contributed by atoms with Gasteiger partial charge in [0.1, 0.15) is 0 Å². The van der Waals surface area contributed by atoms with Crippen molar-refractivity contribution in [1.29, 1.82) is 0 Å². The van der Waals surface area contributed by atoms with E-state index in [9.17, 15) is 0 Å². The van der Waals surface area contributed by atoms with E-state index >= 15 is 0 Å². The summed E-state index contributed by atoms with van der Waals surface area (Å²) in [6.45, 7) is 6.78. The molecule has 0 atom stereocenters. The minimum Gasteiger partial charge on any atom is -0.260 e. The molecule has 0 aliphatic carbocycles. The zero-order valence-electron chi connectivity index (χ0n) is 13.5. The van der Waals surface area contributed by atoms with Crippen LogP contribution in [0.3, 0.4) is 0 Å². The highest BCUT2D eigenvalue weighted by Crippen LogP contribution is 2.29. The van der Waals surface area contributed by atoms with Gasteiger partial charge in [0.2, 0.25) is 0 Å². The molecular formula is C17H21N5. The molecule has 5 nitrogen and oxygen atoms in total. The van der Waals surface area contributed by atoms with Gasteiger partial charge in [-0.25, -0.2) is 0 Å². The maximum Gasteiger partial charge on any atom is 0.0882 e. The summed E-state index contributed by atoms with van der Waals surface area (Å²) in [5.74, 6) is 0. The Balaban J connectivity index is 2.30. The van der Waals surface area contributed by atoms with Gasteiger partial charge in [0, 0.05) is 0 Å². The number of rotatable bonds is 5. The van der Waals surface area contributed by atoms with Crippen molar-refractivity contribution in [3.63, 3.8) is 0 Å². The van der Waals surface area contributed by atoms with Crippen LogP contribution in [-0.4, -0.2) is 13.6 Å². The molecule has 0 aliphatic rings. The summed E-state index contributed by atoms with van der Waals surface area (Å²) in [6, 6.07) is 12.4. The van der Waals surface area contributed by atoms with Crippen molar-refractivity contribution >= 4 is 11.4 Å². The molecule has 22 heavy (non-hydrogen) atoms. The highest BCUT2D eigenvalue weighted by atomic mass is 15.4. The molecule has 0 unspecified atom stereocenters. The number of hydrogen-bond donors (Lipinski definition) is 1. The van der Waals surface area contributed by atoms with E-state index in [-0.39, 0.29) is 0 Å². The second-order valence-electron chi connectivity index (χ2n) is 5.00. The first kappa shape index (κ1) is 15.8. The van der Waals surface area contributed by atoms with Gasteiger partial charge in [-0.3, -0.25) is 5.43 Å². The van der Waals surface area contributed by atoms with Crippen LogP contribution < -0.4 is 5.43 Å². The monoisotopic (exact) mass is 295 g/mol. The highest BCUT2D eigenvalue weighted by molar-refractivity contribution is 5.70. The lowest BCUT2D eigenvalue weighted by atomic mass is 10.00. The van der Waals surface area contributed by atoms with Gasteiger partial charge >= 0.3 is 0 Å². The van der Waals surface area contributed by atoms with Crippen LogP contribution >= 0.6 is 0 Å². The Hall–Kier alpha value is -2.56. The van der Waals surface area contributed by atoms with E-state index in [1.807, 2.05) is 26.0 Å². The van der Waals surface area contributed by atoms with Gasteiger partial charge in [-0.1, -0.05) is 17.4 Å². The van der Waals surface area contributed by atoms with Crippen LogP contribution in [0, 0.1) is 13.8 Å². The van der Waals surface area contributed by atoms with Gasteiger partial charge in [-0.15, -0.1) is 0 Å². The molecule has 0 bridgehead atoms. The number of benzene rings is 2. The Morgan fingerprint density at radius 1 is 0.955 bits per heavy atom. The highest BCUT2D eigenvalue weighted by Gasteiger charge is 2.04. The van der Waals surface area contributed by atoms with E-state index in [0.717, 1.165) is 22.5 Å². The van der Waals surface area contributed by atoms with E-state index < -0.39 is 0 Å². The molecule has 0 aliphatic heterocycles. The molecular weight excluding hydrogens is 274 g/mol. The molecule has 0 radical (unpaired) electrons. The normalized spacial score (nSPS) is 11.5. The first-order chi connectivity index (χ1) is 10.7. The van der Waals surface area contributed by atoms with Crippen molar-refractivity contribution in [3.05, 3.63) is 47.5 Å². The van der Waals surface area contributed by atoms with Gasteiger partial charge in [-0.05, 0) is 67.3 Å². The van der Waals surface area contributed by atoms with Crippen LogP contribution in [0.4, 0.5) is 11.4 Å². The number of anilines is 1. The molecule has 0 aromatic heterocycles. The maximum absolute atomic E-state index is 4.22. The molecule has 0 spiro atoms. The molecule has 5 heteroatoms. The third-order valence-corrected chi connectivity index (χ3v) is 3.35. The van der Waals surface area contributed by atoms with E-state index in [4.69, 9.17) is 0 Å². The van der Waals surface area contributed by atoms with E-state index in [1.165, 1.54) is 11.1 Å². The third-order valence-electron chi connectivity index (χ3n) is 3.35. The molecule has 114 valence electrons. The van der Waals surface area contributed by atoms with Gasteiger partial charge < -0.3 is 0 Å². The fraction of sp³-hybridized carbons (Fsp3) is 0.294. The van der Waals surface area contributed by atoms with E-state index in [2.05, 4.69) is 57.2 Å². The summed E-state index contributed by atoms with van der Waals surface area (Å²) in [6.07, 6.45) is 0. The van der Waals surface area contributed by atoms with Crippen molar-refractivity contribution in [2.75, 3.05) is 19.0 Å². The molecule has 2 aromatic carbocycles. The minimum atomic E-state index is 0.698. The molecule has 2 rings (SSSR count). The van der Waals surface area contributed by atoms with Crippen molar-refractivity contribution in [2.24, 2.45) is 20.6 Å². The SMILES string of the molecule is CCN=Nc1ccc(-c2ccc(NN=NC)c(C)c2)cc1C. The van der Waals surface area contributed by atoms with Crippen LogP contribution in [0.15, 0.2) is 57.0 Å². The second-order valence-corrected chi connectivity index (χ2v) is 5.00. The van der Waals surface area contributed by atoms with Crippen LogP contribution in [0.5, 0.6) is 0 Å². The third kappa shape index (κ3) is 3.75. The Labute approximate surface area is 131 Å². The smallest absolute Gasteiger partial charge is 0.0882 e. The average Bonchev–Trinajstić information content (AvgIpc) is 2.52. The number of hydrogen-bond acceptors (Lipinski definition) is 4. The Kier molecular flexibility index (Phi) is 5.36. The van der Waals surface area contributed by atoms with Crippen LogP contribution in [0.1, 0.15) is 18.1 Å². The van der Waals surface area contributed by atoms with Gasteiger partial charge in [-0.2, -0.15) is 15.3 Å². The fourth-order valence-corrected chi connectivity index (χ4v) is 2.17. The summed E-state index contributed by atoms with van der Waals surface area (Å²) >= 11 is 0. The van der Waals surface area contributed by atoms with Crippen molar-refractivity contribution in [3.8, 4) is 11.1 Å². The van der Waals surface area contributed by atoms with Gasteiger partial charge in [0.25, 0.3) is 0 Å². The Morgan fingerprint density at radius 2 is 1.64 bits per heavy atom. The van der Waals surface area contributed by atoms with Crippen LogP contribution in [0.25, 0.3) is 11.1 Å². The predicted molar refractivity (Wildman–Crippen MR) is 90.8 cm³/mol. The van der Waals surface area contributed by atoms with Crippen molar-refractivity contribution in [1.82, 2.24) is 0 Å². The van der Waals surface area contributed by atoms with Crippen molar-refractivity contribution in [2.45, 2.75) is 20.8 Å². The average molecular weight is 295 g/mol. The largest absolute Gasteiger partial charge is 0.260 e. The molecule has 1 N–H and O–H groups in total.